The zero-order chi connectivity index (χ0) is 16.9. The van der Waals surface area contributed by atoms with E-state index in [-0.39, 0.29) is 6.04 Å². The molecule has 0 aliphatic heterocycles. The van der Waals surface area contributed by atoms with Crippen molar-refractivity contribution >= 4 is 0 Å². The van der Waals surface area contributed by atoms with Crippen molar-refractivity contribution in [1.29, 1.82) is 0 Å². The van der Waals surface area contributed by atoms with Gasteiger partial charge in [-0.15, -0.1) is 0 Å². The van der Waals surface area contributed by atoms with Gasteiger partial charge in [0.2, 0.25) is 0 Å². The molecular weight excluding hydrogens is 284 g/mol. The van der Waals surface area contributed by atoms with Crippen LogP contribution in [0, 0.1) is 0 Å². The fourth-order valence-electron chi connectivity index (χ4n) is 2.54. The quantitative estimate of drug-likeness (QED) is 0.840. The third-order valence-corrected chi connectivity index (χ3v) is 4.26. The number of pyridine rings is 1. The van der Waals surface area contributed by atoms with Gasteiger partial charge in [0.25, 0.3) is 0 Å². The first-order chi connectivity index (χ1) is 10.8. The average Bonchev–Trinajstić information content (AvgIpc) is 2.53. The second-order valence-corrected chi connectivity index (χ2v) is 6.97. The summed E-state index contributed by atoms with van der Waals surface area (Å²) in [5.74, 6) is 0. The summed E-state index contributed by atoms with van der Waals surface area (Å²) in [7, 11) is 2.13. The highest BCUT2D eigenvalue weighted by Crippen LogP contribution is 2.19. The molecule has 1 aromatic carbocycles. The molecule has 0 aliphatic rings. The van der Waals surface area contributed by atoms with Crippen LogP contribution in [0.4, 0.5) is 0 Å². The second-order valence-electron chi connectivity index (χ2n) is 6.97. The molecule has 0 saturated carbocycles. The van der Waals surface area contributed by atoms with Crippen molar-refractivity contribution in [3.63, 3.8) is 0 Å². The lowest BCUT2D eigenvalue weighted by Gasteiger charge is -2.24. The molecule has 0 aliphatic carbocycles. The fourth-order valence-corrected chi connectivity index (χ4v) is 2.54. The third-order valence-electron chi connectivity index (χ3n) is 4.26. The Morgan fingerprint density at radius 2 is 1.74 bits per heavy atom. The van der Waals surface area contributed by atoms with Crippen LogP contribution >= 0.6 is 0 Å². The zero-order valence-electron chi connectivity index (χ0n) is 14.7. The first-order valence-corrected chi connectivity index (χ1v) is 8.26. The highest BCUT2D eigenvalue weighted by Gasteiger charge is 2.14. The topological polar surface area (TPSA) is 36.4 Å². The Balaban J connectivity index is 1.92. The molecule has 1 atom stereocenters. The molecule has 0 spiro atoms. The van der Waals surface area contributed by atoms with Crippen molar-refractivity contribution in [3.8, 4) is 0 Å². The van der Waals surface area contributed by atoms with Crippen LogP contribution in [0.3, 0.4) is 0 Å². The van der Waals surface area contributed by atoms with Crippen molar-refractivity contribution in [1.82, 2.24) is 9.88 Å². The van der Waals surface area contributed by atoms with Crippen LogP contribution in [0.25, 0.3) is 0 Å². The highest BCUT2D eigenvalue weighted by atomic mass is 16.3. The summed E-state index contributed by atoms with van der Waals surface area (Å²) in [6, 6.07) is 15.0. The number of rotatable bonds is 7. The number of aromatic nitrogens is 1. The predicted molar refractivity (Wildman–Crippen MR) is 95.2 cm³/mol. The maximum absolute atomic E-state index is 9.81. The van der Waals surface area contributed by atoms with Crippen LogP contribution in [0.2, 0.25) is 0 Å². The van der Waals surface area contributed by atoms with Gasteiger partial charge in [-0.3, -0.25) is 9.88 Å². The first-order valence-electron chi connectivity index (χ1n) is 8.26. The van der Waals surface area contributed by atoms with E-state index in [0.29, 0.717) is 0 Å². The molecule has 2 rings (SSSR count). The monoisotopic (exact) mass is 312 g/mol. The fraction of sp³-hybridized carbons (Fsp3) is 0.450. The van der Waals surface area contributed by atoms with E-state index >= 15 is 0 Å². The predicted octanol–water partition coefficient (Wildman–Crippen LogP) is 3.98. The van der Waals surface area contributed by atoms with Crippen LogP contribution < -0.4 is 0 Å². The summed E-state index contributed by atoms with van der Waals surface area (Å²) in [5, 5.41) is 9.81. The first kappa shape index (κ1) is 17.6. The number of aryl methyl sites for hydroxylation is 1. The minimum absolute atomic E-state index is 0.283. The van der Waals surface area contributed by atoms with E-state index in [1.165, 1.54) is 11.1 Å². The maximum atomic E-state index is 9.81. The molecule has 124 valence electrons. The Bertz CT molecular complexity index is 587. The molecule has 0 fully saturated rings. The molecule has 23 heavy (non-hydrogen) atoms. The van der Waals surface area contributed by atoms with Gasteiger partial charge in [0, 0.05) is 18.8 Å². The summed E-state index contributed by atoms with van der Waals surface area (Å²) in [6.45, 7) is 6.79. The zero-order valence-corrected chi connectivity index (χ0v) is 14.7. The van der Waals surface area contributed by atoms with Crippen LogP contribution in [-0.2, 0) is 13.0 Å². The summed E-state index contributed by atoms with van der Waals surface area (Å²) < 4.78 is 0. The number of benzene rings is 1. The molecule has 0 radical (unpaired) electrons. The maximum Gasteiger partial charge on any atom is 0.0594 e. The minimum Gasteiger partial charge on any atom is -0.390 e. The second kappa shape index (κ2) is 7.71. The van der Waals surface area contributed by atoms with E-state index in [1.807, 2.05) is 32.2 Å². The lowest BCUT2D eigenvalue weighted by atomic mass is 9.98. The van der Waals surface area contributed by atoms with E-state index in [2.05, 4.69) is 54.2 Å². The Morgan fingerprint density at radius 3 is 2.30 bits per heavy atom. The largest absolute Gasteiger partial charge is 0.390 e. The van der Waals surface area contributed by atoms with E-state index < -0.39 is 5.60 Å². The van der Waals surface area contributed by atoms with E-state index in [9.17, 15) is 5.11 Å². The standard InChI is InChI=1S/C20H28N2O/c1-16(19-7-5-6-14-21-19)22(4)15-18-10-8-17(9-11-18)12-13-20(2,3)23/h5-11,14,16,23H,12-13,15H2,1-4H3. The highest BCUT2D eigenvalue weighted by molar-refractivity contribution is 5.23. The van der Waals surface area contributed by atoms with Gasteiger partial charge in [-0.1, -0.05) is 30.3 Å². The molecular formula is C20H28N2O. The number of hydrogen-bond acceptors (Lipinski definition) is 3. The molecule has 3 heteroatoms. The van der Waals surface area contributed by atoms with Gasteiger partial charge in [-0.25, -0.2) is 0 Å². The van der Waals surface area contributed by atoms with Crippen molar-refractivity contribution in [2.24, 2.45) is 0 Å². The minimum atomic E-state index is -0.600. The van der Waals surface area contributed by atoms with Crippen LogP contribution in [-0.4, -0.2) is 27.6 Å². The Kier molecular flexibility index (Phi) is 5.91. The van der Waals surface area contributed by atoms with Crippen molar-refractivity contribution < 1.29 is 5.11 Å². The van der Waals surface area contributed by atoms with Crippen molar-refractivity contribution in [3.05, 3.63) is 65.5 Å². The number of aliphatic hydroxyl groups is 1. The molecule has 1 N–H and O–H groups in total. The van der Waals surface area contributed by atoms with E-state index in [4.69, 9.17) is 0 Å². The summed E-state index contributed by atoms with van der Waals surface area (Å²) in [5.41, 5.74) is 3.06. The van der Waals surface area contributed by atoms with Gasteiger partial charge in [-0.05, 0) is 63.9 Å². The number of nitrogens with zero attached hydrogens (tertiary/aromatic N) is 2. The molecule has 0 saturated heterocycles. The van der Waals surface area contributed by atoms with Gasteiger partial charge in [0.15, 0.2) is 0 Å². The summed E-state index contributed by atoms with van der Waals surface area (Å²) >= 11 is 0. The molecule has 3 nitrogen and oxygen atoms in total. The smallest absolute Gasteiger partial charge is 0.0594 e. The summed E-state index contributed by atoms with van der Waals surface area (Å²) in [4.78, 5) is 6.74. The molecule has 2 aromatic rings. The Hall–Kier alpha value is -1.71. The molecule has 1 aromatic heterocycles. The normalized spacial score (nSPS) is 13.3. The van der Waals surface area contributed by atoms with Crippen LogP contribution in [0.1, 0.15) is 50.1 Å². The molecule has 1 heterocycles. The van der Waals surface area contributed by atoms with Crippen LogP contribution in [0.5, 0.6) is 0 Å². The van der Waals surface area contributed by atoms with Gasteiger partial charge in [-0.2, -0.15) is 0 Å². The van der Waals surface area contributed by atoms with E-state index in [0.717, 1.165) is 25.1 Å². The SMILES string of the molecule is CC(c1ccccn1)N(C)Cc1ccc(CCC(C)(C)O)cc1. The van der Waals surface area contributed by atoms with Gasteiger partial charge < -0.3 is 5.11 Å². The number of hydrogen-bond donors (Lipinski definition) is 1. The van der Waals surface area contributed by atoms with Gasteiger partial charge >= 0.3 is 0 Å². The van der Waals surface area contributed by atoms with Gasteiger partial charge in [0.05, 0.1) is 11.3 Å². The lowest BCUT2D eigenvalue weighted by molar-refractivity contribution is 0.0714. The molecule has 1 unspecified atom stereocenters. The Morgan fingerprint density at radius 1 is 1.09 bits per heavy atom. The van der Waals surface area contributed by atoms with E-state index in [1.54, 1.807) is 0 Å². The molecule has 0 amide bonds. The van der Waals surface area contributed by atoms with Gasteiger partial charge in [0.1, 0.15) is 0 Å². The van der Waals surface area contributed by atoms with Crippen LogP contribution in [0.15, 0.2) is 48.7 Å². The molecule has 0 bridgehead atoms. The lowest BCUT2D eigenvalue weighted by Crippen LogP contribution is -2.22. The van der Waals surface area contributed by atoms with Crippen molar-refractivity contribution in [2.45, 2.75) is 51.8 Å². The average molecular weight is 312 g/mol. The Labute approximate surface area is 140 Å². The third kappa shape index (κ3) is 5.77. The summed E-state index contributed by atoms with van der Waals surface area (Å²) in [6.07, 6.45) is 3.53. The van der Waals surface area contributed by atoms with Crippen molar-refractivity contribution in [2.75, 3.05) is 7.05 Å².